The van der Waals surface area contributed by atoms with Crippen LogP contribution in [0.4, 0.5) is 5.82 Å². The minimum atomic E-state index is 0.685. The lowest BCUT2D eigenvalue weighted by atomic mass is 10.1. The van der Waals surface area contributed by atoms with Gasteiger partial charge in [-0.3, -0.25) is 0 Å². The van der Waals surface area contributed by atoms with Crippen molar-refractivity contribution in [1.29, 1.82) is 0 Å². The van der Waals surface area contributed by atoms with Crippen molar-refractivity contribution in [2.24, 2.45) is 0 Å². The van der Waals surface area contributed by atoms with E-state index in [-0.39, 0.29) is 0 Å². The lowest BCUT2D eigenvalue weighted by Gasteiger charge is -2.10. The topological polar surface area (TPSA) is 51.8 Å². The van der Waals surface area contributed by atoms with Crippen molar-refractivity contribution < 1.29 is 0 Å². The molecule has 1 aliphatic rings. The molecule has 0 spiro atoms. The number of anilines is 1. The molecule has 100 valence electrons. The summed E-state index contributed by atoms with van der Waals surface area (Å²) in [5, 5.41) is 0. The Kier molecular flexibility index (Phi) is 3.27. The third-order valence-electron chi connectivity index (χ3n) is 3.75. The summed E-state index contributed by atoms with van der Waals surface area (Å²) in [4.78, 5) is 11.9. The number of nitrogens with zero attached hydrogens (tertiary/aromatic N) is 2. The predicted octanol–water partition coefficient (Wildman–Crippen LogP) is 3.67. The van der Waals surface area contributed by atoms with E-state index >= 15 is 0 Å². The minimum absolute atomic E-state index is 0.685. The summed E-state index contributed by atoms with van der Waals surface area (Å²) >= 11 is 1.79. The fourth-order valence-electron chi connectivity index (χ4n) is 2.77. The maximum atomic E-state index is 6.16. The van der Waals surface area contributed by atoms with Crippen LogP contribution in [0.25, 0.3) is 11.4 Å². The van der Waals surface area contributed by atoms with Gasteiger partial charge in [0.2, 0.25) is 0 Å². The number of aryl methyl sites for hydroxylation is 3. The van der Waals surface area contributed by atoms with Gasteiger partial charge >= 0.3 is 0 Å². The van der Waals surface area contributed by atoms with E-state index in [1.165, 1.54) is 40.3 Å². The first kappa shape index (κ1) is 12.6. The molecule has 0 amide bonds. The monoisotopic (exact) mass is 273 g/mol. The van der Waals surface area contributed by atoms with Crippen LogP contribution < -0.4 is 5.73 Å². The summed E-state index contributed by atoms with van der Waals surface area (Å²) in [5.74, 6) is 1.49. The molecule has 2 N–H and O–H groups in total. The minimum Gasteiger partial charge on any atom is -0.383 e. The van der Waals surface area contributed by atoms with Crippen molar-refractivity contribution in [2.75, 3.05) is 5.73 Å². The zero-order chi connectivity index (χ0) is 13.4. The smallest absolute Gasteiger partial charge is 0.162 e. The van der Waals surface area contributed by atoms with Crippen molar-refractivity contribution in [3.05, 3.63) is 27.1 Å². The fourth-order valence-corrected chi connectivity index (χ4v) is 3.69. The Morgan fingerprint density at radius 3 is 2.63 bits per heavy atom. The van der Waals surface area contributed by atoms with Gasteiger partial charge in [-0.15, -0.1) is 11.3 Å². The summed E-state index contributed by atoms with van der Waals surface area (Å²) in [6.07, 6.45) is 5.75. The molecular formula is C15H19N3S. The van der Waals surface area contributed by atoms with Gasteiger partial charge in [0, 0.05) is 26.6 Å². The second-order valence-corrected chi connectivity index (χ2v) is 6.71. The number of hydrogen-bond acceptors (Lipinski definition) is 4. The van der Waals surface area contributed by atoms with Gasteiger partial charge in [-0.05, 0) is 45.6 Å². The van der Waals surface area contributed by atoms with Crippen LogP contribution in [0.3, 0.4) is 0 Å². The Balaban J connectivity index is 2.11. The maximum absolute atomic E-state index is 6.16. The summed E-state index contributed by atoms with van der Waals surface area (Å²) in [6, 6.07) is 2.16. The Bertz CT molecular complexity index is 616. The van der Waals surface area contributed by atoms with E-state index in [1.54, 1.807) is 11.3 Å². The van der Waals surface area contributed by atoms with E-state index in [0.29, 0.717) is 5.82 Å². The highest BCUT2D eigenvalue weighted by Crippen LogP contribution is 2.31. The van der Waals surface area contributed by atoms with Crippen LogP contribution in [0.5, 0.6) is 0 Å². The van der Waals surface area contributed by atoms with E-state index < -0.39 is 0 Å². The zero-order valence-electron chi connectivity index (χ0n) is 11.5. The average molecular weight is 273 g/mol. The molecule has 2 aromatic rings. The molecule has 0 saturated carbocycles. The molecule has 19 heavy (non-hydrogen) atoms. The number of hydrogen-bond donors (Lipinski definition) is 1. The predicted molar refractivity (Wildman–Crippen MR) is 80.5 cm³/mol. The standard InChI is InChI=1S/C15H19N3S/c1-9-8-12(10(2)19-9)15-17-13-7-5-3-4-6-11(13)14(16)18-15/h8H,3-7H2,1-2H3,(H2,16,17,18). The number of nitrogens with two attached hydrogens (primary N) is 1. The molecule has 0 saturated heterocycles. The molecule has 4 heteroatoms. The van der Waals surface area contributed by atoms with Gasteiger partial charge in [-0.2, -0.15) is 0 Å². The molecule has 3 nitrogen and oxygen atoms in total. The molecule has 0 aromatic carbocycles. The second-order valence-electron chi connectivity index (χ2n) is 5.25. The largest absolute Gasteiger partial charge is 0.383 e. The van der Waals surface area contributed by atoms with Crippen LogP contribution in [-0.4, -0.2) is 9.97 Å². The van der Waals surface area contributed by atoms with Gasteiger partial charge in [-0.25, -0.2) is 9.97 Å². The Labute approximate surface area is 117 Å². The van der Waals surface area contributed by atoms with Gasteiger partial charge in [0.15, 0.2) is 5.82 Å². The number of rotatable bonds is 1. The molecule has 0 bridgehead atoms. The lowest BCUT2D eigenvalue weighted by Crippen LogP contribution is -2.06. The van der Waals surface area contributed by atoms with Crippen molar-refractivity contribution >= 4 is 17.2 Å². The number of nitrogen functional groups attached to an aromatic ring is 1. The van der Waals surface area contributed by atoms with Crippen LogP contribution >= 0.6 is 11.3 Å². The highest BCUT2D eigenvalue weighted by Gasteiger charge is 2.17. The van der Waals surface area contributed by atoms with Crippen LogP contribution in [0.1, 0.15) is 40.3 Å². The van der Waals surface area contributed by atoms with Gasteiger partial charge in [0.1, 0.15) is 5.82 Å². The van der Waals surface area contributed by atoms with Crippen LogP contribution in [0.15, 0.2) is 6.07 Å². The summed E-state index contributed by atoms with van der Waals surface area (Å²) in [7, 11) is 0. The normalized spacial score (nSPS) is 15.1. The number of thiophene rings is 1. The highest BCUT2D eigenvalue weighted by molar-refractivity contribution is 7.12. The first-order valence-corrected chi connectivity index (χ1v) is 7.69. The molecule has 1 aliphatic carbocycles. The molecule has 0 radical (unpaired) electrons. The summed E-state index contributed by atoms with van der Waals surface area (Å²) in [5.41, 5.74) is 9.65. The summed E-state index contributed by atoms with van der Waals surface area (Å²) in [6.45, 7) is 4.24. The van der Waals surface area contributed by atoms with E-state index in [2.05, 4.69) is 24.9 Å². The Hall–Kier alpha value is -1.42. The zero-order valence-corrected chi connectivity index (χ0v) is 12.3. The average Bonchev–Trinajstić information content (AvgIpc) is 2.59. The van der Waals surface area contributed by atoms with Gasteiger partial charge in [-0.1, -0.05) is 6.42 Å². The van der Waals surface area contributed by atoms with E-state index in [9.17, 15) is 0 Å². The molecule has 2 aromatic heterocycles. The second kappa shape index (κ2) is 4.93. The maximum Gasteiger partial charge on any atom is 0.162 e. The quantitative estimate of drug-likeness (QED) is 0.806. The van der Waals surface area contributed by atoms with Gasteiger partial charge in [0.25, 0.3) is 0 Å². The van der Waals surface area contributed by atoms with Crippen molar-refractivity contribution in [3.63, 3.8) is 0 Å². The highest BCUT2D eigenvalue weighted by atomic mass is 32.1. The van der Waals surface area contributed by atoms with Gasteiger partial charge < -0.3 is 5.73 Å². The SMILES string of the molecule is Cc1cc(-c2nc(N)c3c(n2)CCCCC3)c(C)s1. The van der Waals surface area contributed by atoms with Crippen molar-refractivity contribution in [1.82, 2.24) is 9.97 Å². The van der Waals surface area contributed by atoms with Crippen LogP contribution in [-0.2, 0) is 12.8 Å². The Morgan fingerprint density at radius 1 is 1.11 bits per heavy atom. The third-order valence-corrected chi connectivity index (χ3v) is 4.71. The van der Waals surface area contributed by atoms with Crippen LogP contribution in [0, 0.1) is 13.8 Å². The van der Waals surface area contributed by atoms with Crippen LogP contribution in [0.2, 0.25) is 0 Å². The molecule has 2 heterocycles. The van der Waals surface area contributed by atoms with E-state index in [1.807, 2.05) is 0 Å². The molecule has 0 aliphatic heterocycles. The first-order valence-electron chi connectivity index (χ1n) is 6.88. The summed E-state index contributed by atoms with van der Waals surface area (Å²) < 4.78 is 0. The fraction of sp³-hybridized carbons (Fsp3) is 0.467. The molecule has 0 fully saturated rings. The van der Waals surface area contributed by atoms with Crippen molar-refractivity contribution in [2.45, 2.75) is 46.0 Å². The molecule has 0 atom stereocenters. The third kappa shape index (κ3) is 2.37. The van der Waals surface area contributed by atoms with E-state index in [0.717, 1.165) is 24.2 Å². The number of aromatic nitrogens is 2. The molecule has 3 rings (SSSR count). The molecular weight excluding hydrogens is 254 g/mol. The van der Waals surface area contributed by atoms with E-state index in [4.69, 9.17) is 10.7 Å². The Morgan fingerprint density at radius 2 is 1.89 bits per heavy atom. The first-order chi connectivity index (χ1) is 9.15. The number of fused-ring (bicyclic) bond motifs is 1. The lowest BCUT2D eigenvalue weighted by molar-refractivity contribution is 0.709. The van der Waals surface area contributed by atoms with Crippen molar-refractivity contribution in [3.8, 4) is 11.4 Å². The van der Waals surface area contributed by atoms with Gasteiger partial charge in [0.05, 0.1) is 0 Å². The molecule has 0 unspecified atom stereocenters.